The number of nitrogens with zero attached hydrogens (tertiary/aromatic N) is 1. The van der Waals surface area contributed by atoms with Crippen LogP contribution in [-0.4, -0.2) is 11.3 Å². The van der Waals surface area contributed by atoms with Crippen LogP contribution in [0.25, 0.3) is 0 Å². The maximum absolute atomic E-state index is 10.7. The molecule has 0 spiro atoms. The molecule has 0 aromatic carbocycles. The van der Waals surface area contributed by atoms with E-state index in [9.17, 15) is 4.79 Å². The van der Waals surface area contributed by atoms with Crippen LogP contribution in [0.3, 0.4) is 0 Å². The summed E-state index contributed by atoms with van der Waals surface area (Å²) in [5.41, 5.74) is 1.47. The van der Waals surface area contributed by atoms with Crippen LogP contribution in [0, 0.1) is 6.92 Å². The number of rotatable bonds is 2. The van der Waals surface area contributed by atoms with Crippen LogP contribution in [-0.2, 0) is 10.2 Å². The molecule has 0 aliphatic rings. The third-order valence-corrected chi connectivity index (χ3v) is 1.87. The van der Waals surface area contributed by atoms with Gasteiger partial charge in [0.25, 0.3) is 0 Å². The molecule has 1 aromatic rings. The van der Waals surface area contributed by atoms with Crippen molar-refractivity contribution in [1.29, 1.82) is 0 Å². The van der Waals surface area contributed by atoms with Gasteiger partial charge in [0, 0.05) is 6.20 Å². The fourth-order valence-electron chi connectivity index (χ4n) is 0.909. The monoisotopic (exact) mass is 163 g/mol. The number of hydrogen-bond donors (Lipinski definition) is 0. The Balaban J connectivity index is 3.04. The summed E-state index contributed by atoms with van der Waals surface area (Å²) in [7, 11) is 0. The molecule has 0 aliphatic carbocycles. The lowest BCUT2D eigenvalue weighted by Crippen LogP contribution is -2.20. The van der Waals surface area contributed by atoms with Crippen LogP contribution < -0.4 is 0 Å². The van der Waals surface area contributed by atoms with E-state index in [1.807, 2.05) is 32.9 Å². The Kier molecular flexibility index (Phi) is 2.27. The minimum Gasteiger partial charge on any atom is -0.302 e. The van der Waals surface area contributed by atoms with Crippen molar-refractivity contribution in [3.63, 3.8) is 0 Å². The maximum atomic E-state index is 10.7. The smallest absolute Gasteiger partial charge is 0.131 e. The Morgan fingerprint density at radius 1 is 1.42 bits per heavy atom. The molecule has 1 aromatic heterocycles. The Bertz CT molecular complexity index is 274. The van der Waals surface area contributed by atoms with Crippen LogP contribution in [0.15, 0.2) is 18.3 Å². The number of carbonyl (C=O) groups is 1. The predicted molar refractivity (Wildman–Crippen MR) is 48.1 cm³/mol. The summed E-state index contributed by atoms with van der Waals surface area (Å²) in [5, 5.41) is 0. The molecule has 64 valence electrons. The van der Waals surface area contributed by atoms with Gasteiger partial charge in [-0.2, -0.15) is 0 Å². The van der Waals surface area contributed by atoms with Gasteiger partial charge in [-0.15, -0.1) is 0 Å². The molecule has 0 saturated heterocycles. The van der Waals surface area contributed by atoms with Crippen molar-refractivity contribution in [2.75, 3.05) is 0 Å². The van der Waals surface area contributed by atoms with E-state index in [0.29, 0.717) is 0 Å². The molecule has 0 saturated carbocycles. The van der Waals surface area contributed by atoms with Gasteiger partial charge in [0.2, 0.25) is 0 Å². The summed E-state index contributed by atoms with van der Waals surface area (Å²) in [6.45, 7) is 5.69. The zero-order chi connectivity index (χ0) is 9.19. The average Bonchev–Trinajstić information content (AvgIpc) is 2.05. The Hall–Kier alpha value is -1.18. The van der Waals surface area contributed by atoms with E-state index < -0.39 is 5.41 Å². The van der Waals surface area contributed by atoms with Gasteiger partial charge in [-0.05, 0) is 32.4 Å². The van der Waals surface area contributed by atoms with E-state index in [-0.39, 0.29) is 0 Å². The lowest BCUT2D eigenvalue weighted by Gasteiger charge is -2.15. The molecule has 0 bridgehead atoms. The Morgan fingerprint density at radius 2 is 2.08 bits per heavy atom. The van der Waals surface area contributed by atoms with Crippen LogP contribution >= 0.6 is 0 Å². The molecule has 0 N–H and O–H groups in total. The van der Waals surface area contributed by atoms with Crippen molar-refractivity contribution in [3.8, 4) is 0 Å². The minimum atomic E-state index is -0.465. The first-order chi connectivity index (χ1) is 5.56. The number of carbonyl (C=O) groups excluding carboxylic acids is 1. The normalized spacial score (nSPS) is 11.2. The molecule has 0 amide bonds. The summed E-state index contributed by atoms with van der Waals surface area (Å²) >= 11 is 0. The number of aromatic nitrogens is 1. The molecule has 0 atom stereocenters. The van der Waals surface area contributed by atoms with Gasteiger partial charge in [0.15, 0.2) is 0 Å². The highest BCUT2D eigenvalue weighted by Gasteiger charge is 2.20. The van der Waals surface area contributed by atoms with Crippen molar-refractivity contribution < 1.29 is 4.79 Å². The molecule has 2 nitrogen and oxygen atoms in total. The van der Waals surface area contributed by atoms with Crippen LogP contribution in [0.2, 0.25) is 0 Å². The number of hydrogen-bond acceptors (Lipinski definition) is 2. The summed E-state index contributed by atoms with van der Waals surface area (Å²) in [5.74, 6) is 0. The van der Waals surface area contributed by atoms with E-state index in [0.717, 1.165) is 17.5 Å². The second-order valence-electron chi connectivity index (χ2n) is 3.56. The molecular formula is C10H13NO. The fraction of sp³-hybridized carbons (Fsp3) is 0.400. The Labute approximate surface area is 72.6 Å². The van der Waals surface area contributed by atoms with E-state index in [2.05, 4.69) is 4.98 Å². The molecule has 1 rings (SSSR count). The van der Waals surface area contributed by atoms with E-state index >= 15 is 0 Å². The van der Waals surface area contributed by atoms with E-state index in [1.54, 1.807) is 6.20 Å². The van der Waals surface area contributed by atoms with Crippen molar-refractivity contribution in [3.05, 3.63) is 29.6 Å². The second kappa shape index (κ2) is 3.05. The molecule has 0 aliphatic heterocycles. The van der Waals surface area contributed by atoms with E-state index in [1.165, 1.54) is 0 Å². The number of pyridine rings is 1. The lowest BCUT2D eigenvalue weighted by molar-refractivity contribution is -0.111. The molecule has 0 unspecified atom stereocenters. The first kappa shape index (κ1) is 8.91. The largest absolute Gasteiger partial charge is 0.302 e. The summed E-state index contributed by atoms with van der Waals surface area (Å²) in [6.07, 6.45) is 2.70. The SMILES string of the molecule is Cc1ccc(C(C)(C)C=O)nc1. The zero-order valence-electron chi connectivity index (χ0n) is 7.66. The van der Waals surface area contributed by atoms with Gasteiger partial charge < -0.3 is 4.79 Å². The van der Waals surface area contributed by atoms with Crippen LogP contribution in [0.4, 0.5) is 0 Å². The van der Waals surface area contributed by atoms with Crippen LogP contribution in [0.1, 0.15) is 25.1 Å². The second-order valence-corrected chi connectivity index (χ2v) is 3.56. The standard InChI is InChI=1S/C10H13NO/c1-8-4-5-9(11-6-8)10(2,3)7-12/h4-7H,1-3H3. The van der Waals surface area contributed by atoms with Crippen molar-refractivity contribution in [2.24, 2.45) is 0 Å². The third-order valence-electron chi connectivity index (χ3n) is 1.87. The first-order valence-corrected chi connectivity index (χ1v) is 3.96. The summed E-state index contributed by atoms with van der Waals surface area (Å²) in [4.78, 5) is 14.9. The quantitative estimate of drug-likeness (QED) is 0.623. The van der Waals surface area contributed by atoms with Crippen molar-refractivity contribution in [1.82, 2.24) is 4.98 Å². The van der Waals surface area contributed by atoms with Crippen molar-refractivity contribution in [2.45, 2.75) is 26.2 Å². The highest BCUT2D eigenvalue weighted by atomic mass is 16.1. The molecule has 0 radical (unpaired) electrons. The third kappa shape index (κ3) is 1.70. The highest BCUT2D eigenvalue weighted by Crippen LogP contribution is 2.17. The number of aryl methyl sites for hydroxylation is 1. The summed E-state index contributed by atoms with van der Waals surface area (Å²) in [6, 6.07) is 3.86. The zero-order valence-corrected chi connectivity index (χ0v) is 7.66. The average molecular weight is 163 g/mol. The molecule has 1 heterocycles. The van der Waals surface area contributed by atoms with Gasteiger partial charge in [0.05, 0.1) is 11.1 Å². The van der Waals surface area contributed by atoms with Gasteiger partial charge >= 0.3 is 0 Å². The van der Waals surface area contributed by atoms with Gasteiger partial charge in [-0.25, -0.2) is 0 Å². The van der Waals surface area contributed by atoms with Gasteiger partial charge in [-0.3, -0.25) is 4.98 Å². The highest BCUT2D eigenvalue weighted by molar-refractivity contribution is 5.65. The first-order valence-electron chi connectivity index (χ1n) is 3.96. The lowest BCUT2D eigenvalue weighted by atomic mass is 9.91. The summed E-state index contributed by atoms with van der Waals surface area (Å²) < 4.78 is 0. The number of aldehydes is 1. The van der Waals surface area contributed by atoms with E-state index in [4.69, 9.17) is 0 Å². The van der Waals surface area contributed by atoms with Gasteiger partial charge in [0.1, 0.15) is 6.29 Å². The van der Waals surface area contributed by atoms with Crippen LogP contribution in [0.5, 0.6) is 0 Å². The molecule has 0 fully saturated rings. The Morgan fingerprint density at radius 3 is 2.50 bits per heavy atom. The molecule has 2 heteroatoms. The molecular weight excluding hydrogens is 150 g/mol. The minimum absolute atomic E-state index is 0.465. The molecule has 12 heavy (non-hydrogen) atoms. The van der Waals surface area contributed by atoms with Crippen molar-refractivity contribution >= 4 is 6.29 Å². The topological polar surface area (TPSA) is 30.0 Å². The predicted octanol–water partition coefficient (Wildman–Crippen LogP) is 1.87. The maximum Gasteiger partial charge on any atom is 0.131 e. The fourth-order valence-corrected chi connectivity index (χ4v) is 0.909. The van der Waals surface area contributed by atoms with Gasteiger partial charge in [-0.1, -0.05) is 6.07 Å².